The van der Waals surface area contributed by atoms with Crippen molar-refractivity contribution in [2.45, 2.75) is 161 Å². The minimum atomic E-state index is -1.09. The molecule has 2 unspecified atom stereocenters. The summed E-state index contributed by atoms with van der Waals surface area (Å²) in [6.07, 6.45) is 11.3. The standard InChI is InChI=1S/C39H62N8O6/c1-35(2,3)29(44-32(52)27(23-14-8-7-9-15-23)43-26(48)20-37(6)45-34(41)46-37)33(53)47-21-39(36(4,5)38(39)16-11-17-38)19-25(47)31(51)42-24(28(49)30(40)50)18-22-12-10-13-22/h22-25,27,29H,7-21H2,1-6H3,(H2,40,50)(H,42,51)(H,43,48)(H,44,52)(H3,41,45,46)/t24?,25-,27-,29+,39+/m0/s1. The predicted molar refractivity (Wildman–Crippen MR) is 198 cm³/mol. The van der Waals surface area contributed by atoms with E-state index in [4.69, 9.17) is 11.5 Å². The van der Waals surface area contributed by atoms with Gasteiger partial charge in [0.2, 0.25) is 29.4 Å². The lowest BCUT2D eigenvalue weighted by molar-refractivity contribution is -0.145. The van der Waals surface area contributed by atoms with E-state index in [2.05, 4.69) is 40.1 Å². The fraction of sp³-hybridized carbons (Fsp3) is 0.821. The highest BCUT2D eigenvalue weighted by Gasteiger charge is 2.85. The maximum atomic E-state index is 15.0. The van der Waals surface area contributed by atoms with Gasteiger partial charge >= 0.3 is 0 Å². The number of fused-ring (bicyclic) bond motifs is 1. The molecule has 0 aromatic heterocycles. The van der Waals surface area contributed by atoms with Crippen molar-refractivity contribution in [1.29, 1.82) is 0 Å². The van der Waals surface area contributed by atoms with Gasteiger partial charge in [-0.05, 0) is 73.5 Å². The highest BCUT2D eigenvalue weighted by Crippen LogP contribution is 2.88. The average molecular weight is 739 g/mol. The lowest BCUT2D eigenvalue weighted by atomic mass is 9.73. The van der Waals surface area contributed by atoms with E-state index < -0.39 is 58.7 Å². The molecule has 14 nitrogen and oxygen atoms in total. The lowest BCUT2D eigenvalue weighted by Gasteiger charge is -2.38. The molecular weight excluding hydrogens is 676 g/mol. The molecule has 4 saturated carbocycles. The number of hydrogen-bond donors (Lipinski definition) is 6. The molecule has 2 heterocycles. The van der Waals surface area contributed by atoms with Gasteiger partial charge in [0.05, 0.1) is 12.5 Å². The summed E-state index contributed by atoms with van der Waals surface area (Å²) in [5.41, 5.74) is 9.11. The summed E-state index contributed by atoms with van der Waals surface area (Å²) in [5, 5.41) is 11.9. The Morgan fingerprint density at radius 2 is 1.55 bits per heavy atom. The molecule has 53 heavy (non-hydrogen) atoms. The number of primary amides is 1. The SMILES string of the molecule is CC1(CC(=O)N[C@H](C(=O)N[C@H](C(=O)N2C[C@]3(C[C@H]2C(=O)NC(CC2CCC2)C(=O)C(N)=O)C(C)(C)C32CCC2)C(C)(C)C)C2CCCCC2)N=C(N)N1. The van der Waals surface area contributed by atoms with Crippen molar-refractivity contribution >= 4 is 41.3 Å². The summed E-state index contributed by atoms with van der Waals surface area (Å²) < 4.78 is 0. The van der Waals surface area contributed by atoms with Crippen molar-refractivity contribution in [1.82, 2.24) is 26.2 Å². The molecule has 0 aromatic carbocycles. The molecule has 14 heteroatoms. The number of nitrogens with zero attached hydrogens (tertiary/aromatic N) is 2. The molecule has 1 saturated heterocycles. The number of aliphatic imine (C=N–C) groups is 1. The molecular formula is C39H62N8O6. The van der Waals surface area contributed by atoms with Gasteiger partial charge < -0.3 is 37.6 Å². The van der Waals surface area contributed by atoms with E-state index in [1.165, 1.54) is 0 Å². The number of nitrogens with two attached hydrogens (primary N) is 2. The molecule has 5 amide bonds. The molecule has 5 fully saturated rings. The number of Topliss-reactive ketones (excluding diaryl/α,β-unsaturated/α-hetero) is 1. The van der Waals surface area contributed by atoms with Crippen LogP contribution in [0.5, 0.6) is 0 Å². The van der Waals surface area contributed by atoms with Crippen molar-refractivity contribution in [3.05, 3.63) is 0 Å². The van der Waals surface area contributed by atoms with Gasteiger partial charge in [0.1, 0.15) is 23.8 Å². The van der Waals surface area contributed by atoms with Crippen molar-refractivity contribution < 1.29 is 28.8 Å². The third-order valence-corrected chi connectivity index (χ3v) is 14.5. The summed E-state index contributed by atoms with van der Waals surface area (Å²) >= 11 is 0. The number of hydrogen-bond acceptors (Lipinski definition) is 9. The Morgan fingerprint density at radius 3 is 2.04 bits per heavy atom. The molecule has 0 radical (unpaired) electrons. The van der Waals surface area contributed by atoms with Gasteiger partial charge in [-0.2, -0.15) is 0 Å². The first-order chi connectivity index (χ1) is 24.7. The number of carbonyl (C=O) groups excluding carboxylic acids is 6. The Bertz CT molecular complexity index is 1560. The third-order valence-electron chi connectivity index (χ3n) is 14.5. The summed E-state index contributed by atoms with van der Waals surface area (Å²) in [6, 6.07) is -3.83. The van der Waals surface area contributed by atoms with Crippen LogP contribution in [-0.2, 0) is 28.8 Å². The number of nitrogens with one attached hydrogen (secondary N) is 4. The van der Waals surface area contributed by atoms with Gasteiger partial charge in [-0.25, -0.2) is 4.99 Å². The average Bonchev–Trinajstić information content (AvgIpc) is 3.24. The van der Waals surface area contributed by atoms with Gasteiger partial charge in [0.15, 0.2) is 5.96 Å². The lowest BCUT2D eigenvalue weighted by Crippen LogP contribution is -2.63. The van der Waals surface area contributed by atoms with Crippen LogP contribution >= 0.6 is 0 Å². The van der Waals surface area contributed by atoms with Gasteiger partial charge in [0.25, 0.3) is 5.91 Å². The molecule has 6 aliphatic rings. The molecule has 294 valence electrons. The zero-order valence-electron chi connectivity index (χ0n) is 32.6. The van der Waals surface area contributed by atoms with E-state index in [1.54, 1.807) is 11.8 Å². The smallest absolute Gasteiger partial charge is 0.287 e. The maximum absolute atomic E-state index is 15.0. The number of ketones is 1. The van der Waals surface area contributed by atoms with Crippen LogP contribution in [0.4, 0.5) is 0 Å². The summed E-state index contributed by atoms with van der Waals surface area (Å²) in [7, 11) is 0. The van der Waals surface area contributed by atoms with Crippen molar-refractivity contribution in [2.75, 3.05) is 6.54 Å². The summed E-state index contributed by atoms with van der Waals surface area (Å²) in [5.74, 6) is -3.17. The first kappa shape index (κ1) is 39.0. The molecule has 4 aliphatic carbocycles. The largest absolute Gasteiger partial charge is 0.370 e. The van der Waals surface area contributed by atoms with Crippen LogP contribution in [0.25, 0.3) is 0 Å². The Kier molecular flexibility index (Phi) is 10.2. The van der Waals surface area contributed by atoms with Gasteiger partial charge in [-0.15, -0.1) is 0 Å². The van der Waals surface area contributed by atoms with Crippen molar-refractivity contribution in [3.63, 3.8) is 0 Å². The molecule has 6 atom stereocenters. The minimum absolute atomic E-state index is 0.00395. The number of rotatable bonds is 13. The van der Waals surface area contributed by atoms with Crippen LogP contribution in [0.15, 0.2) is 4.99 Å². The van der Waals surface area contributed by atoms with Crippen molar-refractivity contribution in [3.8, 4) is 0 Å². The van der Waals surface area contributed by atoms with E-state index >= 15 is 4.79 Å². The van der Waals surface area contributed by atoms with Crippen LogP contribution in [-0.4, -0.2) is 82.6 Å². The minimum Gasteiger partial charge on any atom is -0.370 e. The number of likely N-dealkylation sites (tertiary alicyclic amines) is 1. The van der Waals surface area contributed by atoms with Crippen LogP contribution < -0.4 is 32.7 Å². The molecule has 0 bridgehead atoms. The molecule has 2 aliphatic heterocycles. The first-order valence-corrected chi connectivity index (χ1v) is 19.9. The van der Waals surface area contributed by atoms with Crippen LogP contribution in [0, 0.1) is 33.5 Å². The predicted octanol–water partition coefficient (Wildman–Crippen LogP) is 2.13. The van der Waals surface area contributed by atoms with Crippen LogP contribution in [0.1, 0.15) is 131 Å². The monoisotopic (exact) mass is 738 g/mol. The zero-order valence-corrected chi connectivity index (χ0v) is 32.6. The fourth-order valence-corrected chi connectivity index (χ4v) is 10.9. The topological polar surface area (TPSA) is 218 Å². The number of carbonyl (C=O) groups is 6. The molecule has 2 spiro atoms. The third kappa shape index (κ3) is 6.92. The second kappa shape index (κ2) is 13.9. The zero-order chi connectivity index (χ0) is 38.7. The van der Waals surface area contributed by atoms with Crippen LogP contribution in [0.2, 0.25) is 0 Å². The first-order valence-electron chi connectivity index (χ1n) is 19.9. The highest BCUT2D eigenvalue weighted by atomic mass is 16.2. The van der Waals surface area contributed by atoms with Crippen molar-refractivity contribution in [2.24, 2.45) is 50.0 Å². The molecule has 8 N–H and O–H groups in total. The summed E-state index contributed by atoms with van der Waals surface area (Å²) in [4.78, 5) is 88.0. The highest BCUT2D eigenvalue weighted by molar-refractivity contribution is 6.37. The van der Waals surface area contributed by atoms with E-state index in [0.29, 0.717) is 19.4 Å². The quantitative estimate of drug-likeness (QED) is 0.154. The van der Waals surface area contributed by atoms with Gasteiger partial charge in [-0.1, -0.05) is 79.6 Å². The second-order valence-electron chi connectivity index (χ2n) is 19.0. The number of guanidine groups is 1. The van der Waals surface area contributed by atoms with Crippen LogP contribution in [0.3, 0.4) is 0 Å². The normalized spacial score (nSPS) is 30.3. The summed E-state index contributed by atoms with van der Waals surface area (Å²) in [6.45, 7) is 12.2. The van der Waals surface area contributed by atoms with E-state index in [-0.39, 0.29) is 52.3 Å². The Hall–Kier alpha value is -3.71. The Labute approximate surface area is 313 Å². The van der Waals surface area contributed by atoms with Gasteiger partial charge in [0, 0.05) is 12.0 Å². The number of amides is 5. The van der Waals surface area contributed by atoms with E-state index in [0.717, 1.165) is 70.6 Å². The fourth-order valence-electron chi connectivity index (χ4n) is 10.9. The molecule has 0 aromatic rings. The van der Waals surface area contributed by atoms with E-state index in [1.807, 2.05) is 20.8 Å². The Balaban J connectivity index is 1.26. The van der Waals surface area contributed by atoms with E-state index in [9.17, 15) is 24.0 Å². The maximum Gasteiger partial charge on any atom is 0.287 e. The molecule has 6 rings (SSSR count). The Morgan fingerprint density at radius 1 is 0.906 bits per heavy atom. The second-order valence-corrected chi connectivity index (χ2v) is 19.0. The van der Waals surface area contributed by atoms with Gasteiger partial charge in [-0.3, -0.25) is 28.8 Å².